The molecule has 1 heterocycles. The topological polar surface area (TPSA) is 106 Å². The summed E-state index contributed by atoms with van der Waals surface area (Å²) >= 11 is 0. The second-order valence-corrected chi connectivity index (χ2v) is 8.07. The molecule has 144 valence electrons. The average molecular weight is 384 g/mol. The summed E-state index contributed by atoms with van der Waals surface area (Å²) in [7, 11) is -3.98. The van der Waals surface area contributed by atoms with Gasteiger partial charge in [-0.15, -0.1) is 0 Å². The summed E-state index contributed by atoms with van der Waals surface area (Å²) in [5, 5.41) is 20.3. The molecule has 0 spiro atoms. The van der Waals surface area contributed by atoms with E-state index in [1.807, 2.05) is 13.8 Å². The third-order valence-electron chi connectivity index (χ3n) is 3.90. The fourth-order valence-electron chi connectivity index (χ4n) is 2.33. The third-order valence-corrected chi connectivity index (χ3v) is 5.86. The Morgan fingerprint density at radius 1 is 1.15 bits per heavy atom. The van der Waals surface area contributed by atoms with Crippen LogP contribution in [0, 0.1) is 0 Å². The van der Waals surface area contributed by atoms with Crippen LogP contribution in [0.2, 0.25) is 0 Å². The van der Waals surface area contributed by atoms with Crippen molar-refractivity contribution in [2.75, 3.05) is 13.2 Å². The quantitative estimate of drug-likeness (QED) is 0.464. The first-order valence-electron chi connectivity index (χ1n) is 8.74. The highest BCUT2D eigenvalue weighted by Crippen LogP contribution is 2.59. The predicted molar refractivity (Wildman–Crippen MR) is 98.4 cm³/mol. The highest BCUT2D eigenvalue weighted by molar-refractivity contribution is 7.54. The predicted octanol–water partition coefficient (Wildman–Crippen LogP) is 4.32. The molecule has 1 aromatic carbocycles. The third kappa shape index (κ3) is 4.74. The molecule has 0 saturated carbocycles. The number of phenols is 1. The maximum Gasteiger partial charge on any atom is 0.363 e. The van der Waals surface area contributed by atoms with Gasteiger partial charge in [-0.3, -0.25) is 9.36 Å². The molecule has 0 saturated heterocycles. The molecule has 1 atom stereocenters. The molecule has 2 rings (SSSR count). The highest BCUT2D eigenvalue weighted by atomic mass is 31.2. The van der Waals surface area contributed by atoms with Crippen molar-refractivity contribution in [1.29, 1.82) is 0 Å². The molecular weight excluding hydrogens is 359 g/mol. The molecule has 0 fully saturated rings. The zero-order valence-electron chi connectivity index (χ0n) is 15.0. The second-order valence-electron chi connectivity index (χ2n) is 5.99. The van der Waals surface area contributed by atoms with Crippen LogP contribution in [0.25, 0.3) is 11.0 Å². The van der Waals surface area contributed by atoms with E-state index in [0.29, 0.717) is 12.8 Å². The molecule has 0 aliphatic heterocycles. The Morgan fingerprint density at radius 3 is 2.35 bits per heavy atom. The first-order chi connectivity index (χ1) is 12.4. The first kappa shape index (κ1) is 20.6. The SMILES string of the molecule is CCCCOP(=O)(OCCCC)C(O)c1coc2ccc(O)cc2c1=O. The molecule has 0 radical (unpaired) electrons. The number of aliphatic hydroxyl groups excluding tert-OH is 1. The van der Waals surface area contributed by atoms with Crippen LogP contribution >= 0.6 is 7.60 Å². The summed E-state index contributed by atoms with van der Waals surface area (Å²) < 4.78 is 29.2. The number of unbranched alkanes of at least 4 members (excludes halogenated alkanes) is 2. The number of hydrogen-bond donors (Lipinski definition) is 2. The number of aliphatic hydroxyl groups is 1. The van der Waals surface area contributed by atoms with Gasteiger partial charge in [0.15, 0.2) is 11.3 Å². The van der Waals surface area contributed by atoms with Crippen molar-refractivity contribution in [2.45, 2.75) is 45.4 Å². The summed E-state index contributed by atoms with van der Waals surface area (Å²) in [4.78, 5) is 12.7. The summed E-state index contributed by atoms with van der Waals surface area (Å²) in [5.74, 6) is -1.88. The van der Waals surface area contributed by atoms with Gasteiger partial charge in [-0.25, -0.2) is 0 Å². The van der Waals surface area contributed by atoms with Crippen molar-refractivity contribution in [3.05, 3.63) is 40.2 Å². The molecule has 0 amide bonds. The summed E-state index contributed by atoms with van der Waals surface area (Å²) in [6.07, 6.45) is 4.00. The van der Waals surface area contributed by atoms with Gasteiger partial charge in [0.25, 0.3) is 0 Å². The van der Waals surface area contributed by atoms with Crippen molar-refractivity contribution in [1.82, 2.24) is 0 Å². The van der Waals surface area contributed by atoms with E-state index in [4.69, 9.17) is 13.5 Å². The van der Waals surface area contributed by atoms with Crippen molar-refractivity contribution < 1.29 is 28.2 Å². The van der Waals surface area contributed by atoms with E-state index in [1.54, 1.807) is 0 Å². The van der Waals surface area contributed by atoms with Crippen LogP contribution in [0.15, 0.2) is 33.7 Å². The second kappa shape index (κ2) is 9.33. The summed E-state index contributed by atoms with van der Waals surface area (Å²) in [6.45, 7) is 4.20. The number of aromatic hydroxyl groups is 1. The lowest BCUT2D eigenvalue weighted by Gasteiger charge is -2.23. The lowest BCUT2D eigenvalue weighted by atomic mass is 10.2. The molecular formula is C18H25O7P. The largest absolute Gasteiger partial charge is 0.508 e. The van der Waals surface area contributed by atoms with E-state index < -0.39 is 18.9 Å². The van der Waals surface area contributed by atoms with E-state index in [1.165, 1.54) is 18.2 Å². The summed E-state index contributed by atoms with van der Waals surface area (Å²) in [6, 6.07) is 4.06. The molecule has 0 aliphatic carbocycles. The zero-order valence-corrected chi connectivity index (χ0v) is 15.9. The van der Waals surface area contributed by atoms with E-state index in [0.717, 1.165) is 19.1 Å². The number of phenolic OH excluding ortho intramolecular Hbond substituents is 1. The molecule has 0 bridgehead atoms. The lowest BCUT2D eigenvalue weighted by molar-refractivity contribution is 0.138. The van der Waals surface area contributed by atoms with E-state index >= 15 is 0 Å². The molecule has 2 aromatic rings. The van der Waals surface area contributed by atoms with Crippen LogP contribution in [-0.2, 0) is 13.6 Å². The van der Waals surface area contributed by atoms with E-state index in [2.05, 4.69) is 0 Å². The smallest absolute Gasteiger partial charge is 0.363 e. The van der Waals surface area contributed by atoms with Crippen LogP contribution < -0.4 is 5.43 Å². The fraction of sp³-hybridized carbons (Fsp3) is 0.500. The Kier molecular flexibility index (Phi) is 7.41. The van der Waals surface area contributed by atoms with Gasteiger partial charge in [-0.2, -0.15) is 0 Å². The highest BCUT2D eigenvalue weighted by Gasteiger charge is 2.38. The lowest BCUT2D eigenvalue weighted by Crippen LogP contribution is -2.16. The minimum absolute atomic E-state index is 0.0789. The molecule has 1 unspecified atom stereocenters. The van der Waals surface area contributed by atoms with Crippen molar-refractivity contribution in [3.63, 3.8) is 0 Å². The maximum absolute atomic E-state index is 13.1. The number of hydrogen-bond acceptors (Lipinski definition) is 7. The van der Waals surface area contributed by atoms with Crippen LogP contribution in [-0.4, -0.2) is 23.4 Å². The molecule has 0 aliphatic rings. The van der Waals surface area contributed by atoms with Gasteiger partial charge in [0.05, 0.1) is 24.2 Å². The molecule has 2 N–H and O–H groups in total. The Bertz CT molecular complexity index is 816. The van der Waals surface area contributed by atoms with Gasteiger partial charge in [0.2, 0.25) is 0 Å². The van der Waals surface area contributed by atoms with Crippen LogP contribution in [0.1, 0.15) is 50.9 Å². The Balaban J connectivity index is 2.38. The van der Waals surface area contributed by atoms with Gasteiger partial charge in [-0.05, 0) is 31.0 Å². The van der Waals surface area contributed by atoms with Gasteiger partial charge in [0, 0.05) is 0 Å². The molecule has 7 nitrogen and oxygen atoms in total. The van der Waals surface area contributed by atoms with E-state index in [-0.39, 0.29) is 35.5 Å². The van der Waals surface area contributed by atoms with Gasteiger partial charge < -0.3 is 23.7 Å². The van der Waals surface area contributed by atoms with Crippen LogP contribution in [0.4, 0.5) is 0 Å². The Labute approximate surface area is 152 Å². The number of fused-ring (bicyclic) bond motifs is 1. The summed E-state index contributed by atoms with van der Waals surface area (Å²) in [5.41, 5.74) is -0.565. The minimum Gasteiger partial charge on any atom is -0.508 e. The Morgan fingerprint density at radius 2 is 1.77 bits per heavy atom. The molecule has 8 heteroatoms. The van der Waals surface area contributed by atoms with E-state index in [9.17, 15) is 19.6 Å². The normalized spacial score (nSPS) is 13.2. The van der Waals surface area contributed by atoms with Gasteiger partial charge in [-0.1, -0.05) is 26.7 Å². The van der Waals surface area contributed by atoms with Crippen molar-refractivity contribution in [2.24, 2.45) is 0 Å². The fourth-order valence-corrected chi connectivity index (χ4v) is 3.98. The maximum atomic E-state index is 13.1. The van der Waals surface area contributed by atoms with Crippen molar-refractivity contribution >= 4 is 18.6 Å². The number of benzene rings is 1. The molecule has 1 aromatic heterocycles. The van der Waals surface area contributed by atoms with Crippen molar-refractivity contribution in [3.8, 4) is 5.75 Å². The molecule has 26 heavy (non-hydrogen) atoms. The van der Waals surface area contributed by atoms with Gasteiger partial charge >= 0.3 is 7.60 Å². The van der Waals surface area contributed by atoms with Gasteiger partial charge in [0.1, 0.15) is 17.6 Å². The van der Waals surface area contributed by atoms with Crippen LogP contribution in [0.5, 0.6) is 5.75 Å². The monoisotopic (exact) mass is 384 g/mol. The van der Waals surface area contributed by atoms with Crippen LogP contribution in [0.3, 0.4) is 0 Å². The average Bonchev–Trinajstić information content (AvgIpc) is 2.62. The Hall–Kier alpha value is -1.66. The minimum atomic E-state index is -3.98. The first-order valence-corrected chi connectivity index (χ1v) is 10.4. The number of rotatable bonds is 10. The zero-order chi connectivity index (χ0) is 19.2. The standard InChI is InChI=1S/C18H25O7P/c1-3-5-9-24-26(22,25-10-6-4-2)18(21)15-12-23-16-8-7-13(19)11-14(16)17(15)20/h7-8,11-12,18-19,21H,3-6,9-10H2,1-2H3.